The summed E-state index contributed by atoms with van der Waals surface area (Å²) in [5, 5.41) is 8.71. The van der Waals surface area contributed by atoms with Crippen molar-refractivity contribution in [3.05, 3.63) is 29.8 Å². The van der Waals surface area contributed by atoms with Crippen molar-refractivity contribution < 1.29 is 27.9 Å². The summed E-state index contributed by atoms with van der Waals surface area (Å²) < 4.78 is 31.0. The van der Waals surface area contributed by atoms with Gasteiger partial charge in [0.15, 0.2) is 0 Å². The summed E-state index contributed by atoms with van der Waals surface area (Å²) in [4.78, 5) is 21.8. The number of aryl methyl sites for hydroxylation is 1. The van der Waals surface area contributed by atoms with Crippen LogP contribution < -0.4 is 9.03 Å². The maximum absolute atomic E-state index is 12.1. The quantitative estimate of drug-likeness (QED) is 0.805. The summed E-state index contributed by atoms with van der Waals surface area (Å²) in [6, 6.07) is 6.40. The zero-order valence-corrected chi connectivity index (χ0v) is 12.4. The van der Waals surface area contributed by atoms with Gasteiger partial charge in [-0.1, -0.05) is 17.7 Å². The molecule has 1 amide bonds. The number of aliphatic carboxylic acids is 1. The van der Waals surface area contributed by atoms with Gasteiger partial charge in [0.2, 0.25) is 0 Å². The Kier molecular flexibility index (Phi) is 5.53. The highest BCUT2D eigenvalue weighted by molar-refractivity contribution is 7.91. The Labute approximate surface area is 122 Å². The molecule has 0 saturated carbocycles. The Morgan fingerprint density at radius 2 is 1.86 bits per heavy atom. The van der Waals surface area contributed by atoms with Crippen molar-refractivity contribution in [1.82, 2.24) is 4.72 Å². The number of carbonyl (C=O) groups is 2. The fourth-order valence-electron chi connectivity index (χ4n) is 1.50. The van der Waals surface area contributed by atoms with Crippen LogP contribution in [0.3, 0.4) is 0 Å². The van der Waals surface area contributed by atoms with Gasteiger partial charge in [0.25, 0.3) is 0 Å². The molecule has 0 unspecified atom stereocenters. The minimum absolute atomic E-state index is 0.248. The molecule has 0 fully saturated rings. The molecule has 0 aliphatic rings. The number of amides is 1. The second kappa shape index (κ2) is 6.93. The van der Waals surface area contributed by atoms with Gasteiger partial charge in [0.05, 0.1) is 19.2 Å². The molecule has 0 heterocycles. The van der Waals surface area contributed by atoms with Gasteiger partial charge in [-0.2, -0.15) is 8.42 Å². The molecule has 2 N–H and O–H groups in total. The molecular formula is C12H16N2O6S. The van der Waals surface area contributed by atoms with Gasteiger partial charge in [-0.05, 0) is 19.1 Å². The molecule has 0 aliphatic carbocycles. The summed E-state index contributed by atoms with van der Waals surface area (Å²) in [6.45, 7) is 1.51. The Balaban J connectivity index is 3.09. The molecule has 116 valence electrons. The molecule has 9 heteroatoms. The third kappa shape index (κ3) is 4.95. The smallest absolute Gasteiger partial charge is 0.422 e. The van der Waals surface area contributed by atoms with E-state index in [4.69, 9.17) is 5.11 Å². The number of carbonyl (C=O) groups excluding carboxylic acids is 1. The molecule has 1 aromatic carbocycles. The molecular weight excluding hydrogens is 300 g/mol. The Bertz CT molecular complexity index is 611. The molecule has 0 aliphatic heterocycles. The molecule has 21 heavy (non-hydrogen) atoms. The summed E-state index contributed by atoms with van der Waals surface area (Å²) in [7, 11) is -3.22. The predicted octanol–water partition coefficient (Wildman–Crippen LogP) is 0.877. The van der Waals surface area contributed by atoms with Crippen LogP contribution in [-0.2, 0) is 19.7 Å². The molecule has 0 atom stereocenters. The van der Waals surface area contributed by atoms with Gasteiger partial charge in [0, 0.05) is 6.54 Å². The first-order valence-electron chi connectivity index (χ1n) is 5.93. The number of carboxylic acid groups (broad SMARTS) is 1. The second-order valence-corrected chi connectivity index (χ2v) is 5.75. The van der Waals surface area contributed by atoms with Crippen LogP contribution >= 0.6 is 0 Å². The highest BCUT2D eigenvalue weighted by Crippen LogP contribution is 2.18. The summed E-state index contributed by atoms with van der Waals surface area (Å²) in [5.41, 5.74) is 1.16. The molecule has 0 aromatic heterocycles. The van der Waals surface area contributed by atoms with Crippen molar-refractivity contribution in [1.29, 1.82) is 0 Å². The molecule has 0 bridgehead atoms. The van der Waals surface area contributed by atoms with Gasteiger partial charge in [-0.25, -0.2) is 9.52 Å². The van der Waals surface area contributed by atoms with Crippen molar-refractivity contribution in [3.8, 4) is 0 Å². The van der Waals surface area contributed by atoms with Crippen LogP contribution in [0.5, 0.6) is 0 Å². The predicted molar refractivity (Wildman–Crippen MR) is 75.2 cm³/mol. The van der Waals surface area contributed by atoms with Gasteiger partial charge in [0.1, 0.15) is 0 Å². The maximum Gasteiger partial charge on any atom is 0.422 e. The number of methoxy groups -OCH3 is 1. The average molecular weight is 316 g/mol. The van der Waals surface area contributed by atoms with E-state index >= 15 is 0 Å². The minimum atomic E-state index is -4.25. The fourth-order valence-corrected chi connectivity index (χ4v) is 2.63. The topological polar surface area (TPSA) is 113 Å². The van der Waals surface area contributed by atoms with E-state index in [-0.39, 0.29) is 12.2 Å². The third-order valence-electron chi connectivity index (χ3n) is 2.54. The first-order chi connectivity index (χ1) is 9.76. The van der Waals surface area contributed by atoms with Crippen LogP contribution in [0.4, 0.5) is 10.5 Å². The number of nitrogens with zero attached hydrogens (tertiary/aromatic N) is 1. The van der Waals surface area contributed by atoms with Gasteiger partial charge in [-0.3, -0.25) is 9.10 Å². The monoisotopic (exact) mass is 316 g/mol. The van der Waals surface area contributed by atoms with Crippen LogP contribution in [0.2, 0.25) is 0 Å². The number of anilines is 1. The van der Waals surface area contributed by atoms with E-state index in [9.17, 15) is 18.0 Å². The minimum Gasteiger partial charge on any atom is -0.481 e. The maximum atomic E-state index is 12.1. The average Bonchev–Trinajstić information content (AvgIpc) is 2.39. The number of hydrogen-bond acceptors (Lipinski definition) is 5. The number of carboxylic acids is 1. The lowest BCUT2D eigenvalue weighted by Gasteiger charge is -2.23. The summed E-state index contributed by atoms with van der Waals surface area (Å²) in [5.74, 6) is -1.15. The van der Waals surface area contributed by atoms with Gasteiger partial charge in [-0.15, -0.1) is 0 Å². The molecule has 8 nitrogen and oxygen atoms in total. The van der Waals surface area contributed by atoms with E-state index in [1.165, 1.54) is 12.1 Å². The van der Waals surface area contributed by atoms with Crippen molar-refractivity contribution >= 4 is 28.0 Å². The van der Waals surface area contributed by atoms with Gasteiger partial charge < -0.3 is 9.84 Å². The van der Waals surface area contributed by atoms with Gasteiger partial charge >= 0.3 is 22.3 Å². The first-order valence-corrected chi connectivity index (χ1v) is 7.37. The Morgan fingerprint density at radius 1 is 1.29 bits per heavy atom. The van der Waals surface area contributed by atoms with E-state index in [1.807, 2.05) is 6.92 Å². The van der Waals surface area contributed by atoms with Crippen LogP contribution in [0.25, 0.3) is 0 Å². The fraction of sp³-hybridized carbons (Fsp3) is 0.333. The van der Waals surface area contributed by atoms with Crippen LogP contribution in [0, 0.1) is 6.92 Å². The van der Waals surface area contributed by atoms with E-state index in [0.717, 1.165) is 17.0 Å². The normalized spacial score (nSPS) is 10.8. The van der Waals surface area contributed by atoms with Crippen molar-refractivity contribution in [2.45, 2.75) is 13.3 Å². The summed E-state index contributed by atoms with van der Waals surface area (Å²) >= 11 is 0. The summed E-state index contributed by atoms with van der Waals surface area (Å²) in [6.07, 6.45) is -1.56. The number of rotatable bonds is 6. The lowest BCUT2D eigenvalue weighted by molar-refractivity contribution is -0.136. The molecule has 1 aromatic rings. The number of ether oxygens (including phenoxy) is 1. The van der Waals surface area contributed by atoms with E-state index in [1.54, 1.807) is 16.9 Å². The Hall–Kier alpha value is -2.29. The highest BCUT2D eigenvalue weighted by Gasteiger charge is 2.25. The molecule has 0 saturated heterocycles. The highest BCUT2D eigenvalue weighted by atomic mass is 32.2. The molecule has 1 rings (SSSR count). The molecule has 0 radical (unpaired) electrons. The standard InChI is InChI=1S/C12H16N2O6S/c1-9-3-5-10(6-4-9)14(8-7-11(15)16)21(18,19)13-12(17)20-2/h3-6H,7-8H2,1-2H3,(H,13,17)(H,15,16). The van der Waals surface area contributed by atoms with Crippen molar-refractivity contribution in [2.24, 2.45) is 0 Å². The largest absolute Gasteiger partial charge is 0.481 e. The van der Waals surface area contributed by atoms with Crippen LogP contribution in [0.1, 0.15) is 12.0 Å². The molecule has 0 spiro atoms. The van der Waals surface area contributed by atoms with Crippen LogP contribution in [0.15, 0.2) is 24.3 Å². The zero-order valence-electron chi connectivity index (χ0n) is 11.6. The van der Waals surface area contributed by atoms with E-state index < -0.39 is 28.7 Å². The first kappa shape index (κ1) is 16.8. The van der Waals surface area contributed by atoms with Crippen molar-refractivity contribution in [3.63, 3.8) is 0 Å². The zero-order chi connectivity index (χ0) is 16.0. The Morgan fingerprint density at radius 3 is 2.33 bits per heavy atom. The van der Waals surface area contributed by atoms with E-state index in [2.05, 4.69) is 4.74 Å². The number of benzene rings is 1. The second-order valence-electron chi connectivity index (χ2n) is 4.15. The lowest BCUT2D eigenvalue weighted by Crippen LogP contribution is -2.44. The lowest BCUT2D eigenvalue weighted by atomic mass is 10.2. The number of nitrogens with one attached hydrogen (secondary N) is 1. The number of hydrogen-bond donors (Lipinski definition) is 2. The third-order valence-corrected chi connectivity index (χ3v) is 3.94. The van der Waals surface area contributed by atoms with E-state index in [0.29, 0.717) is 0 Å². The van der Waals surface area contributed by atoms with Crippen LogP contribution in [-0.4, -0.2) is 39.2 Å². The SMILES string of the molecule is COC(=O)NS(=O)(=O)N(CCC(=O)O)c1ccc(C)cc1. The van der Waals surface area contributed by atoms with Crippen molar-refractivity contribution in [2.75, 3.05) is 18.0 Å².